The zero-order chi connectivity index (χ0) is 15.8. The number of hydrogen-bond donors (Lipinski definition) is 2. The van der Waals surface area contributed by atoms with Crippen molar-refractivity contribution in [1.82, 2.24) is 9.97 Å². The Morgan fingerprint density at radius 2 is 2.04 bits per heavy atom. The van der Waals surface area contributed by atoms with Crippen molar-refractivity contribution in [1.29, 1.82) is 0 Å². The van der Waals surface area contributed by atoms with Gasteiger partial charge in [0.25, 0.3) is 5.91 Å². The fourth-order valence-corrected chi connectivity index (χ4v) is 2.89. The number of fused-ring (bicyclic) bond motifs is 2. The molecule has 0 spiro atoms. The van der Waals surface area contributed by atoms with Crippen molar-refractivity contribution in [3.05, 3.63) is 65.0 Å². The topological polar surface area (TPSA) is 66.9 Å². The number of aromatic nitrogens is 2. The van der Waals surface area contributed by atoms with E-state index in [0.29, 0.717) is 11.4 Å². The molecule has 0 bridgehead atoms. The summed E-state index contributed by atoms with van der Waals surface area (Å²) in [6.45, 7) is 0. The monoisotopic (exact) mass is 366 g/mol. The van der Waals surface area contributed by atoms with Crippen molar-refractivity contribution >= 4 is 49.8 Å². The molecule has 1 aliphatic heterocycles. The van der Waals surface area contributed by atoms with E-state index in [4.69, 9.17) is 0 Å². The molecular formula is C17H11BrN4O. The minimum Gasteiger partial charge on any atom is -0.359 e. The number of carbonyl (C=O) groups is 1. The summed E-state index contributed by atoms with van der Waals surface area (Å²) in [5.41, 5.74) is 3.02. The van der Waals surface area contributed by atoms with Gasteiger partial charge in [0.15, 0.2) is 0 Å². The number of para-hydroxylation sites is 1. The van der Waals surface area contributed by atoms with Gasteiger partial charge >= 0.3 is 0 Å². The molecule has 3 heterocycles. The molecule has 0 aliphatic carbocycles. The first-order valence-corrected chi connectivity index (χ1v) is 7.79. The van der Waals surface area contributed by atoms with Crippen LogP contribution in [0.15, 0.2) is 59.5 Å². The smallest absolute Gasteiger partial charge is 0.259 e. The lowest BCUT2D eigenvalue weighted by atomic mass is 10.1. The molecule has 1 amide bonds. The fourth-order valence-electron chi connectivity index (χ4n) is 2.56. The second-order valence-corrected chi connectivity index (χ2v) is 6.00. The van der Waals surface area contributed by atoms with Gasteiger partial charge in [0.1, 0.15) is 5.82 Å². The Bertz CT molecular complexity index is 962. The van der Waals surface area contributed by atoms with Crippen LogP contribution in [0.1, 0.15) is 5.56 Å². The predicted molar refractivity (Wildman–Crippen MR) is 93.9 cm³/mol. The molecule has 1 aromatic carbocycles. The standard InChI is InChI=1S/C17H11BrN4O/c18-11-7-12-13(17(23)22-16(12)21-8-11)9-20-14-5-1-3-10-4-2-6-19-15(10)14/h1-9,20H,(H,21,22,23). The van der Waals surface area contributed by atoms with Gasteiger partial charge < -0.3 is 10.6 Å². The highest BCUT2D eigenvalue weighted by molar-refractivity contribution is 9.10. The lowest BCUT2D eigenvalue weighted by Gasteiger charge is -2.06. The SMILES string of the molecule is O=C1Nc2ncc(Br)cc2C1=CNc1cccc2cccnc12. The van der Waals surface area contributed by atoms with E-state index >= 15 is 0 Å². The van der Waals surface area contributed by atoms with Crippen molar-refractivity contribution < 1.29 is 4.79 Å². The summed E-state index contributed by atoms with van der Waals surface area (Å²) in [5.74, 6) is 0.397. The van der Waals surface area contributed by atoms with Gasteiger partial charge in [-0.15, -0.1) is 0 Å². The highest BCUT2D eigenvalue weighted by Crippen LogP contribution is 2.32. The number of rotatable bonds is 2. The molecule has 112 valence electrons. The average Bonchev–Trinajstić information content (AvgIpc) is 2.87. The molecular weight excluding hydrogens is 356 g/mol. The molecule has 0 saturated heterocycles. The van der Waals surface area contributed by atoms with Gasteiger partial charge in [-0.1, -0.05) is 18.2 Å². The molecule has 0 unspecified atom stereocenters. The first-order valence-electron chi connectivity index (χ1n) is 7.00. The number of benzene rings is 1. The number of nitrogens with zero attached hydrogens (tertiary/aromatic N) is 2. The number of carbonyl (C=O) groups excluding carboxylic acids is 1. The van der Waals surface area contributed by atoms with Crippen molar-refractivity contribution in [2.24, 2.45) is 0 Å². The molecule has 5 nitrogen and oxygen atoms in total. The quantitative estimate of drug-likeness (QED) is 0.677. The molecule has 1 aliphatic rings. The van der Waals surface area contributed by atoms with Crippen molar-refractivity contribution in [3.8, 4) is 0 Å². The van der Waals surface area contributed by atoms with E-state index in [2.05, 4.69) is 36.5 Å². The van der Waals surface area contributed by atoms with Crippen LogP contribution in [0.2, 0.25) is 0 Å². The van der Waals surface area contributed by atoms with Crippen molar-refractivity contribution in [2.75, 3.05) is 10.6 Å². The minimum atomic E-state index is -0.175. The predicted octanol–water partition coefficient (Wildman–Crippen LogP) is 3.80. The van der Waals surface area contributed by atoms with Crippen LogP contribution in [0.4, 0.5) is 11.5 Å². The van der Waals surface area contributed by atoms with Gasteiger partial charge in [0.2, 0.25) is 0 Å². The van der Waals surface area contributed by atoms with E-state index in [1.54, 1.807) is 18.6 Å². The molecule has 0 fully saturated rings. The maximum Gasteiger partial charge on any atom is 0.259 e. The van der Waals surface area contributed by atoms with E-state index < -0.39 is 0 Å². The average molecular weight is 367 g/mol. The van der Waals surface area contributed by atoms with Crippen molar-refractivity contribution in [2.45, 2.75) is 0 Å². The van der Waals surface area contributed by atoms with Crippen LogP contribution >= 0.6 is 15.9 Å². The van der Waals surface area contributed by atoms with Crippen LogP contribution in [-0.2, 0) is 4.79 Å². The highest BCUT2D eigenvalue weighted by atomic mass is 79.9. The summed E-state index contributed by atoms with van der Waals surface area (Å²) in [6.07, 6.45) is 5.10. The molecule has 4 rings (SSSR count). The Balaban J connectivity index is 1.74. The minimum absolute atomic E-state index is 0.175. The van der Waals surface area contributed by atoms with Gasteiger partial charge in [0.05, 0.1) is 16.8 Å². The molecule has 2 aromatic heterocycles. The number of pyridine rings is 2. The largest absolute Gasteiger partial charge is 0.359 e. The molecule has 3 aromatic rings. The maximum atomic E-state index is 12.1. The summed E-state index contributed by atoms with van der Waals surface area (Å²) >= 11 is 3.38. The van der Waals surface area contributed by atoms with Gasteiger partial charge in [-0.25, -0.2) is 4.98 Å². The number of anilines is 2. The van der Waals surface area contributed by atoms with Gasteiger partial charge in [-0.3, -0.25) is 9.78 Å². The van der Waals surface area contributed by atoms with Crippen LogP contribution in [0.3, 0.4) is 0 Å². The molecule has 0 saturated carbocycles. The lowest BCUT2D eigenvalue weighted by molar-refractivity contribution is -0.110. The van der Waals surface area contributed by atoms with E-state index in [0.717, 1.165) is 26.6 Å². The molecule has 6 heteroatoms. The second-order valence-electron chi connectivity index (χ2n) is 5.09. The molecule has 2 N–H and O–H groups in total. The maximum absolute atomic E-state index is 12.1. The summed E-state index contributed by atoms with van der Waals surface area (Å²) in [4.78, 5) is 20.7. The molecule has 0 radical (unpaired) electrons. The van der Waals surface area contributed by atoms with E-state index in [1.807, 2.05) is 36.4 Å². The van der Waals surface area contributed by atoms with Gasteiger partial charge in [-0.2, -0.15) is 0 Å². The van der Waals surface area contributed by atoms with Gasteiger partial charge in [0, 0.05) is 34.0 Å². The third-order valence-electron chi connectivity index (χ3n) is 3.63. The summed E-state index contributed by atoms with van der Waals surface area (Å²) in [7, 11) is 0. The van der Waals surface area contributed by atoms with Crippen LogP contribution in [-0.4, -0.2) is 15.9 Å². The summed E-state index contributed by atoms with van der Waals surface area (Å²) in [5, 5.41) is 6.98. The van der Waals surface area contributed by atoms with E-state index in [9.17, 15) is 4.79 Å². The van der Waals surface area contributed by atoms with Crippen LogP contribution in [0.25, 0.3) is 16.5 Å². The Kier molecular flexibility index (Phi) is 3.31. The van der Waals surface area contributed by atoms with E-state index in [-0.39, 0.29) is 5.91 Å². The first kappa shape index (κ1) is 13.9. The number of hydrogen-bond acceptors (Lipinski definition) is 4. The third-order valence-corrected chi connectivity index (χ3v) is 4.06. The Hall–Kier alpha value is -2.73. The first-order chi connectivity index (χ1) is 11.2. The molecule has 0 atom stereocenters. The van der Waals surface area contributed by atoms with Crippen LogP contribution in [0.5, 0.6) is 0 Å². The number of amides is 1. The number of nitrogens with one attached hydrogen (secondary N) is 2. The number of halogens is 1. The molecule has 23 heavy (non-hydrogen) atoms. The normalized spacial score (nSPS) is 14.8. The third kappa shape index (κ3) is 2.47. The highest BCUT2D eigenvalue weighted by Gasteiger charge is 2.25. The van der Waals surface area contributed by atoms with Crippen molar-refractivity contribution in [3.63, 3.8) is 0 Å². The second kappa shape index (κ2) is 5.48. The Morgan fingerprint density at radius 1 is 1.17 bits per heavy atom. The Morgan fingerprint density at radius 3 is 2.96 bits per heavy atom. The van der Waals surface area contributed by atoms with E-state index in [1.165, 1.54) is 0 Å². The van der Waals surface area contributed by atoms with Crippen LogP contribution in [0, 0.1) is 0 Å². The Labute approximate surface area is 140 Å². The zero-order valence-electron chi connectivity index (χ0n) is 11.9. The lowest BCUT2D eigenvalue weighted by Crippen LogP contribution is -2.05. The zero-order valence-corrected chi connectivity index (χ0v) is 13.5. The fraction of sp³-hybridized carbons (Fsp3) is 0. The van der Waals surface area contributed by atoms with Gasteiger partial charge in [-0.05, 0) is 34.1 Å². The summed E-state index contributed by atoms with van der Waals surface area (Å²) in [6, 6.07) is 11.6. The summed E-state index contributed by atoms with van der Waals surface area (Å²) < 4.78 is 0.825. The van der Waals surface area contributed by atoms with Crippen LogP contribution < -0.4 is 10.6 Å².